The fraction of sp³-hybridized carbons (Fsp3) is 0.688. The Morgan fingerprint density at radius 1 is 1.36 bits per heavy atom. The maximum atomic E-state index is 12.6. The Morgan fingerprint density at radius 2 is 2.00 bits per heavy atom. The summed E-state index contributed by atoms with van der Waals surface area (Å²) in [7, 11) is 0. The zero-order valence-electron chi connectivity index (χ0n) is 14.8. The molecule has 1 atom stereocenters. The second kappa shape index (κ2) is 6.68. The number of rotatable bonds is 4. The molecule has 1 aromatic rings. The highest BCUT2D eigenvalue weighted by atomic mass is 19.4. The van der Waals surface area contributed by atoms with E-state index in [0.29, 0.717) is 12.2 Å². The lowest BCUT2D eigenvalue weighted by Crippen LogP contribution is -2.43. The molecule has 9 heteroatoms. The number of hydrogen-bond acceptors (Lipinski definition) is 3. The van der Waals surface area contributed by atoms with Crippen LogP contribution in [0.5, 0.6) is 0 Å². The molecule has 0 bridgehead atoms. The van der Waals surface area contributed by atoms with Crippen LogP contribution in [0.2, 0.25) is 0 Å². The highest BCUT2D eigenvalue weighted by molar-refractivity contribution is 5.89. The highest BCUT2D eigenvalue weighted by Gasteiger charge is 2.39. The first kappa shape index (κ1) is 19.3. The zero-order chi connectivity index (χ0) is 19.0. The lowest BCUT2D eigenvalue weighted by molar-refractivity contribution is -0.141. The van der Waals surface area contributed by atoms with Crippen LogP contribution in [0.3, 0.4) is 0 Å². The topological polar surface area (TPSA) is 67.2 Å². The molecule has 0 radical (unpaired) electrons. The maximum absolute atomic E-state index is 12.6. The molecule has 1 aromatic heterocycles. The molecule has 0 saturated carbocycles. The normalized spacial score (nSPS) is 18.8. The number of nitrogens with one attached hydrogen (secondary N) is 1. The van der Waals surface area contributed by atoms with Gasteiger partial charge in [0.25, 0.3) is 0 Å². The van der Waals surface area contributed by atoms with Gasteiger partial charge in [-0.05, 0) is 33.8 Å². The van der Waals surface area contributed by atoms with E-state index in [2.05, 4.69) is 10.4 Å². The average Bonchev–Trinajstić information content (AvgIpc) is 3.02. The van der Waals surface area contributed by atoms with Crippen molar-refractivity contribution in [2.75, 3.05) is 13.1 Å². The predicted octanol–water partition coefficient (Wildman–Crippen LogP) is 1.97. The van der Waals surface area contributed by atoms with Gasteiger partial charge in [0.05, 0.1) is 12.5 Å². The van der Waals surface area contributed by atoms with Gasteiger partial charge in [0.15, 0.2) is 5.69 Å². The summed E-state index contributed by atoms with van der Waals surface area (Å²) in [5, 5.41) is 6.19. The van der Waals surface area contributed by atoms with Gasteiger partial charge in [0.1, 0.15) is 0 Å². The molecule has 1 saturated heterocycles. The molecular weight excluding hydrogens is 337 g/mol. The van der Waals surface area contributed by atoms with E-state index < -0.39 is 17.8 Å². The first-order valence-electron chi connectivity index (χ1n) is 8.09. The fourth-order valence-electron chi connectivity index (χ4n) is 2.84. The summed E-state index contributed by atoms with van der Waals surface area (Å²) in [6.45, 7) is 7.89. The minimum atomic E-state index is -4.49. The third-order valence-corrected chi connectivity index (χ3v) is 4.20. The molecule has 0 spiro atoms. The van der Waals surface area contributed by atoms with Crippen LogP contribution in [0, 0.1) is 12.8 Å². The van der Waals surface area contributed by atoms with Crippen LogP contribution in [0.4, 0.5) is 13.2 Å². The van der Waals surface area contributed by atoms with Gasteiger partial charge < -0.3 is 10.2 Å². The Balaban J connectivity index is 1.88. The van der Waals surface area contributed by atoms with Crippen LogP contribution in [-0.2, 0) is 22.3 Å². The first-order valence-corrected chi connectivity index (χ1v) is 8.09. The van der Waals surface area contributed by atoms with Crippen LogP contribution in [0.15, 0.2) is 6.07 Å². The number of hydrogen-bond donors (Lipinski definition) is 1. The van der Waals surface area contributed by atoms with Crippen molar-refractivity contribution >= 4 is 11.8 Å². The van der Waals surface area contributed by atoms with Gasteiger partial charge >= 0.3 is 6.18 Å². The molecule has 25 heavy (non-hydrogen) atoms. The molecule has 0 aromatic carbocycles. The van der Waals surface area contributed by atoms with Crippen LogP contribution < -0.4 is 5.32 Å². The summed E-state index contributed by atoms with van der Waals surface area (Å²) in [6.07, 6.45) is -4.33. The first-order chi connectivity index (χ1) is 11.4. The van der Waals surface area contributed by atoms with Crippen LogP contribution >= 0.6 is 0 Å². The molecule has 0 aliphatic carbocycles. The largest absolute Gasteiger partial charge is 0.435 e. The zero-order valence-corrected chi connectivity index (χ0v) is 14.8. The van der Waals surface area contributed by atoms with Crippen molar-refractivity contribution in [3.05, 3.63) is 17.5 Å². The lowest BCUT2D eigenvalue weighted by Gasteiger charge is -2.31. The van der Waals surface area contributed by atoms with Gasteiger partial charge in [-0.15, -0.1) is 0 Å². The molecule has 2 heterocycles. The number of halogens is 3. The Bertz CT molecular complexity index is 661. The van der Waals surface area contributed by atoms with E-state index in [-0.39, 0.29) is 36.9 Å². The highest BCUT2D eigenvalue weighted by Crippen LogP contribution is 2.28. The third kappa shape index (κ3) is 4.52. The minimum absolute atomic E-state index is 0.0645. The Hall–Kier alpha value is -2.06. The van der Waals surface area contributed by atoms with Crippen molar-refractivity contribution in [3.63, 3.8) is 0 Å². The molecule has 1 aliphatic rings. The summed E-state index contributed by atoms with van der Waals surface area (Å²) in [5.41, 5.74) is -0.915. The number of aryl methyl sites for hydroxylation is 1. The van der Waals surface area contributed by atoms with E-state index in [1.807, 2.05) is 20.8 Å². The Kier molecular flexibility index (Phi) is 5.15. The van der Waals surface area contributed by atoms with Crippen LogP contribution in [0.1, 0.15) is 38.6 Å². The fourth-order valence-corrected chi connectivity index (χ4v) is 2.84. The molecule has 0 unspecified atom stereocenters. The number of alkyl halides is 3. The SMILES string of the molecule is Cc1cc(C(F)(F)F)nn1CCNC(=O)[C@@H]1CC(=O)N(C(C)(C)C)C1. The van der Waals surface area contributed by atoms with E-state index in [9.17, 15) is 22.8 Å². The number of nitrogens with zero attached hydrogens (tertiary/aromatic N) is 3. The van der Waals surface area contributed by atoms with Crippen molar-refractivity contribution in [1.82, 2.24) is 20.0 Å². The monoisotopic (exact) mass is 360 g/mol. The van der Waals surface area contributed by atoms with Crippen molar-refractivity contribution in [2.45, 2.75) is 52.4 Å². The molecule has 2 rings (SSSR count). The molecular formula is C16H23F3N4O2. The van der Waals surface area contributed by atoms with Gasteiger partial charge in [-0.1, -0.05) is 0 Å². The van der Waals surface area contributed by atoms with Crippen molar-refractivity contribution < 1.29 is 22.8 Å². The van der Waals surface area contributed by atoms with E-state index >= 15 is 0 Å². The predicted molar refractivity (Wildman–Crippen MR) is 84.5 cm³/mol. The molecule has 1 fully saturated rings. The lowest BCUT2D eigenvalue weighted by atomic mass is 10.1. The van der Waals surface area contributed by atoms with E-state index in [0.717, 1.165) is 6.07 Å². The quantitative estimate of drug-likeness (QED) is 0.893. The Labute approximate surface area is 144 Å². The molecule has 140 valence electrons. The molecule has 1 aliphatic heterocycles. The van der Waals surface area contributed by atoms with E-state index in [1.165, 1.54) is 11.6 Å². The van der Waals surface area contributed by atoms with E-state index in [4.69, 9.17) is 0 Å². The number of carbonyl (C=O) groups excluding carboxylic acids is 2. The van der Waals surface area contributed by atoms with Gasteiger partial charge in [-0.2, -0.15) is 18.3 Å². The molecule has 2 amide bonds. The van der Waals surface area contributed by atoms with Crippen LogP contribution in [-0.4, -0.2) is 45.1 Å². The average molecular weight is 360 g/mol. The second-order valence-electron chi connectivity index (χ2n) is 7.26. The number of amides is 2. The Morgan fingerprint density at radius 3 is 2.48 bits per heavy atom. The minimum Gasteiger partial charge on any atom is -0.354 e. The van der Waals surface area contributed by atoms with Crippen molar-refractivity contribution in [3.8, 4) is 0 Å². The number of likely N-dealkylation sites (tertiary alicyclic amines) is 1. The van der Waals surface area contributed by atoms with Crippen molar-refractivity contribution in [2.24, 2.45) is 5.92 Å². The third-order valence-electron chi connectivity index (χ3n) is 4.20. The van der Waals surface area contributed by atoms with Crippen molar-refractivity contribution in [1.29, 1.82) is 0 Å². The summed E-state index contributed by atoms with van der Waals surface area (Å²) in [6, 6.07) is 0.971. The van der Waals surface area contributed by atoms with Crippen LogP contribution in [0.25, 0.3) is 0 Å². The van der Waals surface area contributed by atoms with E-state index in [1.54, 1.807) is 4.90 Å². The second-order valence-corrected chi connectivity index (χ2v) is 7.26. The molecule has 1 N–H and O–H groups in total. The van der Waals surface area contributed by atoms with Gasteiger partial charge in [0, 0.05) is 30.7 Å². The number of aromatic nitrogens is 2. The van der Waals surface area contributed by atoms with Gasteiger partial charge in [-0.25, -0.2) is 0 Å². The van der Waals surface area contributed by atoms with Gasteiger partial charge in [0.2, 0.25) is 11.8 Å². The molecule has 6 nitrogen and oxygen atoms in total. The standard InChI is InChI=1S/C16H23F3N4O2/c1-10-7-12(16(17,18)19)21-23(10)6-5-20-14(25)11-8-13(24)22(9-11)15(2,3)4/h7,11H,5-6,8-9H2,1-4H3,(H,20,25)/t11-/m1/s1. The maximum Gasteiger partial charge on any atom is 0.435 e. The van der Waals surface area contributed by atoms with Gasteiger partial charge in [-0.3, -0.25) is 14.3 Å². The summed E-state index contributed by atoms with van der Waals surface area (Å²) in [5.74, 6) is -0.762. The number of carbonyl (C=O) groups is 2. The summed E-state index contributed by atoms with van der Waals surface area (Å²) >= 11 is 0. The smallest absolute Gasteiger partial charge is 0.354 e. The summed E-state index contributed by atoms with van der Waals surface area (Å²) < 4.78 is 39.1. The summed E-state index contributed by atoms with van der Waals surface area (Å²) in [4.78, 5) is 25.9.